The van der Waals surface area contributed by atoms with Crippen LogP contribution in [-0.4, -0.2) is 81.2 Å². The maximum absolute atomic E-state index is 13.2. The number of alkyl halides is 3. The molecule has 8 nitrogen and oxygen atoms in total. The zero-order valence-electron chi connectivity index (χ0n) is 23.4. The zero-order chi connectivity index (χ0) is 29.4. The predicted octanol–water partition coefficient (Wildman–Crippen LogP) is 5.34. The van der Waals surface area contributed by atoms with Crippen molar-refractivity contribution in [1.29, 1.82) is 0 Å². The van der Waals surface area contributed by atoms with Crippen LogP contribution in [0.15, 0.2) is 54.7 Å². The van der Waals surface area contributed by atoms with Crippen molar-refractivity contribution >= 4 is 23.1 Å². The summed E-state index contributed by atoms with van der Waals surface area (Å²) in [6.45, 7) is 9.40. The van der Waals surface area contributed by atoms with E-state index in [4.69, 9.17) is 4.74 Å². The van der Waals surface area contributed by atoms with Gasteiger partial charge in [0.05, 0.1) is 11.1 Å². The smallest absolute Gasteiger partial charge is 0.416 e. The molecule has 1 fully saturated rings. The van der Waals surface area contributed by atoms with Gasteiger partial charge in [0.2, 0.25) is 0 Å². The summed E-state index contributed by atoms with van der Waals surface area (Å²) in [6.07, 6.45) is -0.0900. The average molecular weight is 570 g/mol. The summed E-state index contributed by atoms with van der Waals surface area (Å²) in [4.78, 5) is 31.2. The third-order valence-corrected chi connectivity index (χ3v) is 7.26. The highest BCUT2D eigenvalue weighted by molar-refractivity contribution is 5.93. The summed E-state index contributed by atoms with van der Waals surface area (Å²) in [6, 6.07) is 11.0. The number of rotatable bonds is 4. The fraction of sp³-hybridized carbons (Fsp3) is 0.433. The molecule has 3 aromatic rings. The Morgan fingerprint density at radius 2 is 1.63 bits per heavy atom. The average Bonchev–Trinajstić information content (AvgIpc) is 3.36. The van der Waals surface area contributed by atoms with Gasteiger partial charge < -0.3 is 14.5 Å². The highest BCUT2D eigenvalue weighted by Crippen LogP contribution is 2.29. The number of hydrogen-bond donors (Lipinski definition) is 0. The number of halogens is 3. The fourth-order valence-electron chi connectivity index (χ4n) is 5.05. The first-order chi connectivity index (χ1) is 19.4. The number of benzene rings is 1. The monoisotopic (exact) mass is 569 g/mol. The molecule has 5 rings (SSSR count). The molecule has 0 N–H and O–H groups in total. The molecule has 0 aliphatic carbocycles. The highest BCUT2D eigenvalue weighted by atomic mass is 19.4. The molecular weight excluding hydrogens is 535 g/mol. The van der Waals surface area contributed by atoms with E-state index in [1.54, 1.807) is 20.4 Å². The number of aromatic nitrogens is 2. The standard InChI is InChI=1S/C30H34F3N5O3/c1-29(2,3)41-28(40)37-11-8-22(9-12-37)23-10-13-38-25(18-23)19-26(34-38)27(39)36-16-14-35(15-17-36)20-21-4-6-24(7-5-21)30(31,32)33/h4-8,10,13,18-19H,9,11-12,14-17,20H2,1-3H3. The molecule has 0 saturated carbocycles. The van der Waals surface area contributed by atoms with Gasteiger partial charge in [0, 0.05) is 52.0 Å². The van der Waals surface area contributed by atoms with Crippen molar-refractivity contribution in [2.45, 2.75) is 45.5 Å². The summed E-state index contributed by atoms with van der Waals surface area (Å²) >= 11 is 0. The lowest BCUT2D eigenvalue weighted by molar-refractivity contribution is -0.137. The van der Waals surface area contributed by atoms with Crippen molar-refractivity contribution < 1.29 is 27.5 Å². The van der Waals surface area contributed by atoms with Crippen molar-refractivity contribution in [3.63, 3.8) is 0 Å². The van der Waals surface area contributed by atoms with E-state index in [-0.39, 0.29) is 12.0 Å². The van der Waals surface area contributed by atoms with Gasteiger partial charge in [0.15, 0.2) is 5.69 Å². The number of carbonyl (C=O) groups is 2. The molecule has 4 heterocycles. The number of piperazine rings is 1. The third kappa shape index (κ3) is 6.90. The number of ether oxygens (including phenoxy) is 1. The normalized spacial score (nSPS) is 17.1. The molecule has 218 valence electrons. The number of pyridine rings is 1. The Bertz CT molecular complexity index is 1450. The summed E-state index contributed by atoms with van der Waals surface area (Å²) in [5.41, 5.74) is 2.94. The van der Waals surface area contributed by atoms with Crippen LogP contribution >= 0.6 is 0 Å². The number of fused-ring (bicyclic) bond motifs is 1. The van der Waals surface area contributed by atoms with Gasteiger partial charge in [-0.15, -0.1) is 0 Å². The van der Waals surface area contributed by atoms with E-state index in [1.165, 1.54) is 12.1 Å². The third-order valence-electron chi connectivity index (χ3n) is 7.26. The van der Waals surface area contributed by atoms with Crippen LogP contribution in [-0.2, 0) is 17.5 Å². The van der Waals surface area contributed by atoms with E-state index < -0.39 is 17.3 Å². The van der Waals surface area contributed by atoms with Crippen LogP contribution in [0.3, 0.4) is 0 Å². The van der Waals surface area contributed by atoms with Crippen LogP contribution in [0, 0.1) is 0 Å². The molecule has 2 aromatic heterocycles. The van der Waals surface area contributed by atoms with E-state index in [0.29, 0.717) is 57.9 Å². The van der Waals surface area contributed by atoms with E-state index in [2.05, 4.69) is 10.00 Å². The van der Waals surface area contributed by atoms with Crippen molar-refractivity contribution in [2.75, 3.05) is 39.3 Å². The van der Waals surface area contributed by atoms with Gasteiger partial charge in [-0.2, -0.15) is 18.3 Å². The summed E-state index contributed by atoms with van der Waals surface area (Å²) in [5, 5.41) is 4.49. The Balaban J connectivity index is 1.17. The number of carbonyl (C=O) groups excluding carboxylic acids is 2. The minimum absolute atomic E-state index is 0.144. The summed E-state index contributed by atoms with van der Waals surface area (Å²) in [7, 11) is 0. The van der Waals surface area contributed by atoms with Crippen LogP contribution in [0.1, 0.15) is 54.4 Å². The molecule has 2 aliphatic heterocycles. The minimum Gasteiger partial charge on any atom is -0.444 e. The van der Waals surface area contributed by atoms with Crippen molar-refractivity contribution in [2.24, 2.45) is 0 Å². The van der Waals surface area contributed by atoms with Gasteiger partial charge in [0.1, 0.15) is 5.60 Å². The van der Waals surface area contributed by atoms with E-state index in [1.807, 2.05) is 45.2 Å². The highest BCUT2D eigenvalue weighted by Gasteiger charge is 2.30. The summed E-state index contributed by atoms with van der Waals surface area (Å²) < 4.78 is 45.6. The van der Waals surface area contributed by atoms with Gasteiger partial charge in [0.25, 0.3) is 5.91 Å². The molecule has 0 bridgehead atoms. The molecule has 0 atom stereocenters. The molecule has 41 heavy (non-hydrogen) atoms. The molecule has 11 heteroatoms. The Morgan fingerprint density at radius 1 is 0.927 bits per heavy atom. The minimum atomic E-state index is -4.34. The molecule has 2 amide bonds. The fourth-order valence-corrected chi connectivity index (χ4v) is 5.05. The van der Waals surface area contributed by atoms with Crippen molar-refractivity contribution in [1.82, 2.24) is 24.3 Å². The van der Waals surface area contributed by atoms with Gasteiger partial charge >= 0.3 is 12.3 Å². The lowest BCUT2D eigenvalue weighted by Crippen LogP contribution is -2.48. The van der Waals surface area contributed by atoms with Crippen LogP contribution in [0.4, 0.5) is 18.0 Å². The first-order valence-corrected chi connectivity index (χ1v) is 13.7. The lowest BCUT2D eigenvalue weighted by atomic mass is 10.0. The second kappa shape index (κ2) is 11.2. The molecule has 1 saturated heterocycles. The predicted molar refractivity (Wildman–Crippen MR) is 148 cm³/mol. The van der Waals surface area contributed by atoms with E-state index in [0.717, 1.165) is 34.3 Å². The largest absolute Gasteiger partial charge is 0.444 e. The van der Waals surface area contributed by atoms with Crippen LogP contribution < -0.4 is 0 Å². The summed E-state index contributed by atoms with van der Waals surface area (Å²) in [5.74, 6) is -0.144. The van der Waals surface area contributed by atoms with Crippen LogP contribution in [0.2, 0.25) is 0 Å². The molecule has 0 radical (unpaired) electrons. The van der Waals surface area contributed by atoms with Gasteiger partial charge in [-0.05, 0) is 74.2 Å². The quantitative estimate of drug-likeness (QED) is 0.425. The SMILES string of the molecule is CC(C)(C)OC(=O)N1CC=C(c2ccn3nc(C(=O)N4CCN(Cc5ccc(C(F)(F)F)cc5)CC4)cc3c2)CC1. The number of nitrogens with zero attached hydrogens (tertiary/aromatic N) is 5. The number of amides is 2. The topological polar surface area (TPSA) is 70.4 Å². The first kappa shape index (κ1) is 28.7. The lowest BCUT2D eigenvalue weighted by Gasteiger charge is -2.34. The molecule has 1 aromatic carbocycles. The van der Waals surface area contributed by atoms with E-state index >= 15 is 0 Å². The Morgan fingerprint density at radius 3 is 2.24 bits per heavy atom. The van der Waals surface area contributed by atoms with Crippen molar-refractivity contribution in [3.05, 3.63) is 77.1 Å². The second-order valence-electron chi connectivity index (χ2n) is 11.5. The van der Waals surface area contributed by atoms with Gasteiger partial charge in [-0.25, -0.2) is 9.31 Å². The Hall–Kier alpha value is -3.86. The first-order valence-electron chi connectivity index (χ1n) is 13.7. The van der Waals surface area contributed by atoms with Gasteiger partial charge in [-0.1, -0.05) is 18.2 Å². The van der Waals surface area contributed by atoms with Crippen molar-refractivity contribution in [3.8, 4) is 0 Å². The second-order valence-corrected chi connectivity index (χ2v) is 11.5. The maximum atomic E-state index is 13.2. The molecule has 2 aliphatic rings. The maximum Gasteiger partial charge on any atom is 0.416 e. The Labute approximate surface area is 237 Å². The van der Waals surface area contributed by atoms with Gasteiger partial charge in [-0.3, -0.25) is 9.69 Å². The zero-order valence-corrected chi connectivity index (χ0v) is 23.4. The molecule has 0 unspecified atom stereocenters. The molecule has 0 spiro atoms. The van der Waals surface area contributed by atoms with Crippen LogP contribution in [0.25, 0.3) is 11.1 Å². The van der Waals surface area contributed by atoms with E-state index in [9.17, 15) is 22.8 Å². The molecular formula is C30H34F3N5O3. The Kier molecular flexibility index (Phi) is 7.83. The van der Waals surface area contributed by atoms with Crippen LogP contribution in [0.5, 0.6) is 0 Å². The number of hydrogen-bond acceptors (Lipinski definition) is 5.